The molecular weight excluding hydrogens is 157 g/mol. The van der Waals surface area contributed by atoms with Gasteiger partial charge in [-0.15, -0.1) is 5.47 Å². The molecule has 0 spiro atoms. The van der Waals surface area contributed by atoms with Crippen molar-refractivity contribution in [3.05, 3.63) is 11.0 Å². The Morgan fingerprint density at radius 3 is 2.85 bits per heavy atom. The van der Waals surface area contributed by atoms with Crippen LogP contribution in [0.25, 0.3) is 0 Å². The minimum Gasteiger partial charge on any atom is -0.316 e. The molecule has 0 atom stereocenters. The molecule has 4 heteroatoms. The van der Waals surface area contributed by atoms with Gasteiger partial charge in [0.05, 0.1) is 6.19 Å². The third-order valence-corrected chi connectivity index (χ3v) is 2.93. The number of rotatable bonds is 4. The fourth-order valence-corrected chi connectivity index (χ4v) is 2.03. The van der Waals surface area contributed by atoms with Crippen LogP contribution in [0.5, 0.6) is 0 Å². The van der Waals surface area contributed by atoms with E-state index in [1.165, 1.54) is 32.1 Å². The van der Waals surface area contributed by atoms with E-state index < -0.39 is 0 Å². The van der Waals surface area contributed by atoms with Crippen molar-refractivity contribution in [2.24, 2.45) is 0 Å². The van der Waals surface area contributed by atoms with Gasteiger partial charge in [0.15, 0.2) is 7.17 Å². The van der Waals surface area contributed by atoms with Crippen LogP contribution in [0.15, 0.2) is 11.0 Å². The first kappa shape index (κ1) is 10.7. The highest BCUT2D eigenvalue weighted by molar-refractivity contribution is 7.13. The standard InChI is InChI=1S/C9H17B3O/c10-9-5-3-1-2-4-8(9)6-11-12-7-13/h7,11-12H,1-6,10H2. The van der Waals surface area contributed by atoms with E-state index in [9.17, 15) is 4.79 Å². The van der Waals surface area contributed by atoms with Gasteiger partial charge in [0.1, 0.15) is 15.0 Å². The third kappa shape index (κ3) is 3.88. The van der Waals surface area contributed by atoms with Gasteiger partial charge in [0.2, 0.25) is 0 Å². The quantitative estimate of drug-likeness (QED) is 0.338. The Hall–Kier alpha value is -0.395. The first-order valence-corrected chi connectivity index (χ1v) is 5.45. The first-order valence-electron chi connectivity index (χ1n) is 5.45. The molecule has 1 aliphatic carbocycles. The lowest BCUT2D eigenvalue weighted by Gasteiger charge is -2.06. The highest BCUT2D eigenvalue weighted by Crippen LogP contribution is 2.23. The van der Waals surface area contributed by atoms with Crippen molar-refractivity contribution in [3.63, 3.8) is 0 Å². The molecule has 0 N–H and O–H groups in total. The van der Waals surface area contributed by atoms with Gasteiger partial charge in [0.25, 0.3) is 0 Å². The van der Waals surface area contributed by atoms with E-state index in [1.807, 2.05) is 0 Å². The van der Waals surface area contributed by atoms with E-state index in [0.29, 0.717) is 0 Å². The number of hydrogen-bond acceptors (Lipinski definition) is 1. The molecule has 0 radical (unpaired) electrons. The molecule has 0 unspecified atom stereocenters. The molecule has 0 aromatic heterocycles. The molecular formula is C9H17B3O. The number of allylic oxidation sites excluding steroid dienone is 2. The summed E-state index contributed by atoms with van der Waals surface area (Å²) in [6, 6.07) is 0. The SMILES string of the molecule is BC1=C(CBBC=O)CCCCC1. The van der Waals surface area contributed by atoms with Gasteiger partial charge in [-0.25, -0.2) is 0 Å². The molecule has 0 heterocycles. The highest BCUT2D eigenvalue weighted by atomic mass is 16.1. The van der Waals surface area contributed by atoms with Crippen LogP contribution in [-0.2, 0) is 4.79 Å². The normalized spacial score (nSPS) is 17.8. The Bertz CT molecular complexity index is 201. The molecule has 0 saturated carbocycles. The Kier molecular flexibility index (Phi) is 5.03. The molecule has 0 fully saturated rings. The number of carbonyl (C=O) groups excluding carboxylic acids is 1. The molecule has 0 aromatic rings. The van der Waals surface area contributed by atoms with E-state index in [2.05, 4.69) is 7.85 Å². The zero-order valence-corrected chi connectivity index (χ0v) is 8.64. The largest absolute Gasteiger partial charge is 0.316 e. The van der Waals surface area contributed by atoms with Gasteiger partial charge in [-0.2, -0.15) is 0 Å². The van der Waals surface area contributed by atoms with Crippen molar-refractivity contribution in [3.8, 4) is 0 Å². The van der Waals surface area contributed by atoms with Crippen LogP contribution in [0, 0.1) is 0 Å². The van der Waals surface area contributed by atoms with Crippen molar-refractivity contribution in [1.82, 2.24) is 0 Å². The molecule has 0 amide bonds. The van der Waals surface area contributed by atoms with Crippen LogP contribution < -0.4 is 0 Å². The maximum atomic E-state index is 10.2. The van der Waals surface area contributed by atoms with Crippen LogP contribution in [0.3, 0.4) is 0 Å². The summed E-state index contributed by atoms with van der Waals surface area (Å²) in [5.74, 6) is 0. The lowest BCUT2D eigenvalue weighted by Crippen LogP contribution is -2.06. The minimum atomic E-state index is 0.733. The Morgan fingerprint density at radius 2 is 2.08 bits per heavy atom. The summed E-state index contributed by atoms with van der Waals surface area (Å²) in [4.78, 5) is 10.2. The Labute approximate surface area is 83.2 Å². The zero-order chi connectivity index (χ0) is 9.52. The second-order valence-electron chi connectivity index (χ2n) is 4.00. The molecule has 0 aromatic carbocycles. The van der Waals surface area contributed by atoms with Gasteiger partial charge < -0.3 is 4.79 Å². The molecule has 1 aliphatic rings. The summed E-state index contributed by atoms with van der Waals surface area (Å²) in [5.41, 5.74) is 3.24. The predicted octanol–water partition coefficient (Wildman–Crippen LogP) is 0.234. The fourth-order valence-electron chi connectivity index (χ4n) is 2.03. The monoisotopic (exact) mass is 174 g/mol. The van der Waals surface area contributed by atoms with Gasteiger partial charge in [-0.3, -0.25) is 0 Å². The van der Waals surface area contributed by atoms with E-state index in [-0.39, 0.29) is 0 Å². The van der Waals surface area contributed by atoms with Gasteiger partial charge >= 0.3 is 0 Å². The van der Waals surface area contributed by atoms with Crippen molar-refractivity contribution >= 4 is 28.4 Å². The second kappa shape index (κ2) is 6.12. The van der Waals surface area contributed by atoms with Crippen molar-refractivity contribution in [2.75, 3.05) is 0 Å². The average molecular weight is 174 g/mol. The third-order valence-electron chi connectivity index (χ3n) is 2.93. The molecule has 0 bridgehead atoms. The average Bonchev–Trinajstić information content (AvgIpc) is 2.32. The fraction of sp³-hybridized carbons (Fsp3) is 0.667. The van der Waals surface area contributed by atoms with E-state index >= 15 is 0 Å². The molecule has 0 aliphatic heterocycles. The van der Waals surface area contributed by atoms with Gasteiger partial charge in [-0.05, 0) is 19.3 Å². The molecule has 68 valence electrons. The number of carbonyl (C=O) groups is 1. The summed E-state index contributed by atoms with van der Waals surface area (Å²) in [5, 5.41) is 0. The maximum absolute atomic E-state index is 10.2. The lowest BCUT2D eigenvalue weighted by atomic mass is 9.38. The van der Waals surface area contributed by atoms with Gasteiger partial charge in [-0.1, -0.05) is 24.7 Å². The lowest BCUT2D eigenvalue weighted by molar-refractivity contribution is 0.569. The van der Waals surface area contributed by atoms with Crippen LogP contribution in [0.2, 0.25) is 6.32 Å². The van der Waals surface area contributed by atoms with E-state index in [1.54, 1.807) is 11.0 Å². The zero-order valence-electron chi connectivity index (χ0n) is 8.64. The van der Waals surface area contributed by atoms with E-state index in [0.717, 1.165) is 26.8 Å². The van der Waals surface area contributed by atoms with Crippen LogP contribution in [0.4, 0.5) is 0 Å². The van der Waals surface area contributed by atoms with Crippen LogP contribution in [-0.4, -0.2) is 28.4 Å². The highest BCUT2D eigenvalue weighted by Gasteiger charge is 2.07. The summed E-state index contributed by atoms with van der Waals surface area (Å²) in [7, 11) is 4.05. The van der Waals surface area contributed by atoms with Crippen LogP contribution in [0.1, 0.15) is 32.1 Å². The maximum Gasteiger partial charge on any atom is 0.166 e. The number of hydrogen-bond donors (Lipinski definition) is 0. The second-order valence-corrected chi connectivity index (χ2v) is 4.00. The van der Waals surface area contributed by atoms with Crippen molar-refractivity contribution in [2.45, 2.75) is 38.4 Å². The topological polar surface area (TPSA) is 17.1 Å². The predicted molar refractivity (Wildman–Crippen MR) is 64.5 cm³/mol. The summed E-state index contributed by atoms with van der Waals surface area (Å²) in [6.45, 7) is 0. The minimum absolute atomic E-state index is 0.733. The van der Waals surface area contributed by atoms with Gasteiger partial charge in [0, 0.05) is 0 Å². The van der Waals surface area contributed by atoms with Crippen molar-refractivity contribution < 1.29 is 4.79 Å². The molecule has 0 saturated heterocycles. The molecule has 13 heavy (non-hydrogen) atoms. The Balaban J connectivity index is 2.38. The first-order chi connectivity index (χ1) is 6.34. The molecule has 1 nitrogen and oxygen atoms in total. The summed E-state index contributed by atoms with van der Waals surface area (Å²) in [6.07, 6.45) is 8.86. The summed E-state index contributed by atoms with van der Waals surface area (Å²) < 4.78 is 0. The van der Waals surface area contributed by atoms with Crippen molar-refractivity contribution in [1.29, 1.82) is 0 Å². The Morgan fingerprint density at radius 1 is 1.31 bits per heavy atom. The van der Waals surface area contributed by atoms with E-state index in [4.69, 9.17) is 0 Å². The summed E-state index contributed by atoms with van der Waals surface area (Å²) >= 11 is 0. The van der Waals surface area contributed by atoms with Crippen LogP contribution >= 0.6 is 0 Å². The molecule has 1 rings (SSSR count). The smallest absolute Gasteiger partial charge is 0.166 e.